The molecule has 1 aromatic carbocycles. The first kappa shape index (κ1) is 17.8. The fourth-order valence-electron chi connectivity index (χ4n) is 2.71. The quantitative estimate of drug-likeness (QED) is 0.587. The molecule has 132 valence electrons. The van der Waals surface area contributed by atoms with Gasteiger partial charge in [0, 0.05) is 11.6 Å². The van der Waals surface area contributed by atoms with Crippen molar-refractivity contribution in [3.05, 3.63) is 58.3 Å². The molecule has 1 fully saturated rings. The number of carbonyl (C=O) groups excluding carboxylic acids is 2. The van der Waals surface area contributed by atoms with Crippen molar-refractivity contribution in [3.8, 4) is 0 Å². The average Bonchev–Trinajstić information content (AvgIpc) is 3.24. The molecule has 0 saturated carbocycles. The van der Waals surface area contributed by atoms with Crippen LogP contribution in [0.5, 0.6) is 0 Å². The highest BCUT2D eigenvalue weighted by molar-refractivity contribution is 7.91. The lowest BCUT2D eigenvalue weighted by Gasteiger charge is -2.22. The summed E-state index contributed by atoms with van der Waals surface area (Å²) in [6, 6.07) is 11.7. The summed E-state index contributed by atoms with van der Waals surface area (Å²) in [7, 11) is -3.09. The predicted molar refractivity (Wildman–Crippen MR) is 96.5 cm³/mol. The van der Waals surface area contributed by atoms with Crippen LogP contribution in [0.2, 0.25) is 0 Å². The van der Waals surface area contributed by atoms with Gasteiger partial charge in [-0.15, -0.1) is 11.3 Å². The number of sulfone groups is 1. The average molecular weight is 378 g/mol. The van der Waals surface area contributed by atoms with Crippen LogP contribution in [-0.2, 0) is 9.84 Å². The van der Waals surface area contributed by atoms with E-state index in [0.29, 0.717) is 16.9 Å². The maximum Gasteiger partial charge on any atom is 0.252 e. The minimum atomic E-state index is -3.09. The van der Waals surface area contributed by atoms with E-state index in [2.05, 4.69) is 10.6 Å². The molecular formula is C17H18N2O4S2. The van der Waals surface area contributed by atoms with E-state index in [1.165, 1.54) is 11.3 Å². The second-order valence-electron chi connectivity index (χ2n) is 5.88. The molecule has 2 aromatic rings. The van der Waals surface area contributed by atoms with Gasteiger partial charge in [0.2, 0.25) is 5.78 Å². The van der Waals surface area contributed by atoms with E-state index in [-0.39, 0.29) is 29.2 Å². The molecule has 25 heavy (non-hydrogen) atoms. The topological polar surface area (TPSA) is 92.3 Å². The van der Waals surface area contributed by atoms with Gasteiger partial charge in [0.05, 0.1) is 16.4 Å². The number of thiophene rings is 1. The Morgan fingerprint density at radius 2 is 1.88 bits per heavy atom. The van der Waals surface area contributed by atoms with Gasteiger partial charge in [-0.1, -0.05) is 24.3 Å². The number of nitrogens with one attached hydrogen (secondary N) is 2. The van der Waals surface area contributed by atoms with Crippen LogP contribution in [0, 0.1) is 0 Å². The van der Waals surface area contributed by atoms with E-state index in [9.17, 15) is 18.0 Å². The summed E-state index contributed by atoms with van der Waals surface area (Å²) < 4.78 is 23.3. The molecule has 0 aliphatic carbocycles. The summed E-state index contributed by atoms with van der Waals surface area (Å²) in [5.41, 5.74) is 0.437. The Balaban J connectivity index is 1.77. The van der Waals surface area contributed by atoms with Crippen molar-refractivity contribution in [2.75, 3.05) is 11.5 Å². The second kappa shape index (κ2) is 7.47. The van der Waals surface area contributed by atoms with Gasteiger partial charge in [0.25, 0.3) is 5.91 Å². The van der Waals surface area contributed by atoms with Crippen molar-refractivity contribution in [2.45, 2.75) is 18.6 Å². The van der Waals surface area contributed by atoms with Gasteiger partial charge in [-0.3, -0.25) is 14.9 Å². The maximum absolute atomic E-state index is 12.7. The molecule has 2 heterocycles. The molecular weight excluding hydrogens is 360 g/mol. The van der Waals surface area contributed by atoms with Crippen LogP contribution in [0.1, 0.15) is 26.5 Å². The Bertz CT molecular complexity index is 848. The van der Waals surface area contributed by atoms with E-state index in [1.807, 2.05) is 0 Å². The smallest absolute Gasteiger partial charge is 0.252 e. The molecule has 0 bridgehead atoms. The van der Waals surface area contributed by atoms with Crippen molar-refractivity contribution in [1.82, 2.24) is 10.6 Å². The first-order valence-electron chi connectivity index (χ1n) is 7.85. The van der Waals surface area contributed by atoms with Crippen molar-refractivity contribution in [1.29, 1.82) is 0 Å². The highest BCUT2D eigenvalue weighted by Gasteiger charge is 2.32. The Morgan fingerprint density at radius 1 is 1.12 bits per heavy atom. The number of ketones is 1. The van der Waals surface area contributed by atoms with Crippen LogP contribution in [0.15, 0.2) is 47.8 Å². The lowest BCUT2D eigenvalue weighted by molar-refractivity contribution is 0.0834. The van der Waals surface area contributed by atoms with Crippen LogP contribution < -0.4 is 10.6 Å². The number of rotatable bonds is 6. The minimum Gasteiger partial charge on any atom is -0.330 e. The summed E-state index contributed by atoms with van der Waals surface area (Å²) in [5.74, 6) is -0.591. The van der Waals surface area contributed by atoms with Gasteiger partial charge in [-0.2, -0.15) is 0 Å². The van der Waals surface area contributed by atoms with E-state index in [1.54, 1.807) is 47.8 Å². The summed E-state index contributed by atoms with van der Waals surface area (Å²) in [6.45, 7) is 0. The number of hydrogen-bond donors (Lipinski definition) is 2. The Hall–Kier alpha value is -2.03. The molecule has 1 amide bonds. The SMILES string of the molecule is O=C(N[C@@H](N[C@@H]1CCS(=O)(=O)C1)C(=O)c1cccs1)c1ccccc1. The van der Waals surface area contributed by atoms with Gasteiger partial charge in [0.15, 0.2) is 9.84 Å². The summed E-state index contributed by atoms with van der Waals surface area (Å²) in [5, 5.41) is 7.48. The van der Waals surface area contributed by atoms with E-state index in [0.717, 1.165) is 0 Å². The molecule has 6 nitrogen and oxygen atoms in total. The van der Waals surface area contributed by atoms with Crippen molar-refractivity contribution in [2.24, 2.45) is 0 Å². The molecule has 1 aliphatic heterocycles. The molecule has 0 radical (unpaired) electrons. The molecule has 3 rings (SSSR count). The number of hydrogen-bond acceptors (Lipinski definition) is 6. The number of benzene rings is 1. The van der Waals surface area contributed by atoms with Crippen molar-refractivity contribution in [3.63, 3.8) is 0 Å². The third kappa shape index (κ3) is 4.53. The fourth-order valence-corrected chi connectivity index (χ4v) is 5.09. The number of carbonyl (C=O) groups is 2. The summed E-state index contributed by atoms with van der Waals surface area (Å²) in [4.78, 5) is 25.6. The molecule has 2 N–H and O–H groups in total. The molecule has 1 aromatic heterocycles. The van der Waals surface area contributed by atoms with Gasteiger partial charge in [0.1, 0.15) is 6.17 Å². The van der Waals surface area contributed by atoms with Gasteiger partial charge in [-0.25, -0.2) is 8.42 Å². The third-order valence-corrected chi connectivity index (χ3v) is 6.62. The normalized spacial score (nSPS) is 20.1. The summed E-state index contributed by atoms with van der Waals surface area (Å²) >= 11 is 1.28. The van der Waals surface area contributed by atoms with E-state index in [4.69, 9.17) is 0 Å². The van der Waals surface area contributed by atoms with Gasteiger partial charge >= 0.3 is 0 Å². The van der Waals surface area contributed by atoms with Crippen LogP contribution >= 0.6 is 11.3 Å². The van der Waals surface area contributed by atoms with Gasteiger partial charge < -0.3 is 5.32 Å². The first-order valence-corrected chi connectivity index (χ1v) is 10.5. The monoisotopic (exact) mass is 378 g/mol. The van der Waals surface area contributed by atoms with Crippen LogP contribution in [0.25, 0.3) is 0 Å². The minimum absolute atomic E-state index is 0.0254. The summed E-state index contributed by atoms with van der Waals surface area (Å²) in [6.07, 6.45) is -0.540. The molecule has 2 atom stereocenters. The standard InChI is InChI=1S/C17H18N2O4S2/c20-15(14-7-4-9-24-14)16(18-13-8-10-25(22,23)11-13)19-17(21)12-5-2-1-3-6-12/h1-7,9,13,16,18H,8,10-11H2,(H,19,21)/t13-,16-/m1/s1. The van der Waals surface area contributed by atoms with Crippen molar-refractivity contribution < 1.29 is 18.0 Å². The lowest BCUT2D eigenvalue weighted by Crippen LogP contribution is -2.54. The predicted octanol–water partition coefficient (Wildman–Crippen LogP) is 1.46. The second-order valence-corrected chi connectivity index (χ2v) is 9.06. The fraction of sp³-hybridized carbons (Fsp3) is 0.294. The Kier molecular flexibility index (Phi) is 5.31. The molecule has 0 unspecified atom stereocenters. The van der Waals surface area contributed by atoms with Crippen molar-refractivity contribution >= 4 is 32.9 Å². The molecule has 8 heteroatoms. The third-order valence-electron chi connectivity index (χ3n) is 3.97. The number of Topliss-reactive ketones (excluding diaryl/α,β-unsaturated/α-hetero) is 1. The largest absolute Gasteiger partial charge is 0.330 e. The van der Waals surface area contributed by atoms with E-state index >= 15 is 0 Å². The first-order chi connectivity index (χ1) is 11.9. The highest BCUT2D eigenvalue weighted by Crippen LogP contribution is 2.15. The number of amides is 1. The van der Waals surface area contributed by atoms with Gasteiger partial charge in [-0.05, 0) is 30.0 Å². The van der Waals surface area contributed by atoms with E-state index < -0.39 is 16.0 Å². The molecule has 0 spiro atoms. The zero-order chi connectivity index (χ0) is 17.9. The van der Waals surface area contributed by atoms with Crippen LogP contribution in [0.3, 0.4) is 0 Å². The maximum atomic E-state index is 12.7. The lowest BCUT2D eigenvalue weighted by atomic mass is 10.1. The highest BCUT2D eigenvalue weighted by atomic mass is 32.2. The molecule has 1 aliphatic rings. The zero-order valence-corrected chi connectivity index (χ0v) is 15.0. The van der Waals surface area contributed by atoms with Crippen LogP contribution in [-0.4, -0.2) is 43.8 Å². The Labute approximate surface area is 150 Å². The zero-order valence-electron chi connectivity index (χ0n) is 13.3. The molecule has 1 saturated heterocycles. The van der Waals surface area contributed by atoms with Crippen LogP contribution in [0.4, 0.5) is 0 Å². The Morgan fingerprint density at radius 3 is 2.48 bits per heavy atom.